The molecule has 32 heavy (non-hydrogen) atoms. The smallest absolute Gasteiger partial charge is 0.305 e. The van der Waals surface area contributed by atoms with E-state index in [0.717, 1.165) is 53.5 Å². The van der Waals surface area contributed by atoms with Gasteiger partial charge in [0.1, 0.15) is 17.3 Å². The van der Waals surface area contributed by atoms with E-state index >= 15 is 0 Å². The van der Waals surface area contributed by atoms with E-state index in [-0.39, 0.29) is 12.5 Å². The summed E-state index contributed by atoms with van der Waals surface area (Å²) in [6.07, 6.45) is 2.93. The van der Waals surface area contributed by atoms with Crippen molar-refractivity contribution in [1.82, 2.24) is 0 Å². The highest BCUT2D eigenvalue weighted by atomic mass is 16.5. The molecular weight excluding hydrogens is 404 g/mol. The SMILES string of the molecule is CCCC(Nc1ccc(NCCC(=O)O)cc1)c1cc(-c2ccc(OC)cc2)oc1CC. The number of benzene rings is 2. The van der Waals surface area contributed by atoms with Crippen LogP contribution in [0.15, 0.2) is 59.0 Å². The van der Waals surface area contributed by atoms with Crippen LogP contribution >= 0.6 is 0 Å². The second kappa shape index (κ2) is 11.3. The van der Waals surface area contributed by atoms with E-state index in [4.69, 9.17) is 14.3 Å². The van der Waals surface area contributed by atoms with Crippen molar-refractivity contribution in [3.8, 4) is 17.1 Å². The number of carbonyl (C=O) groups is 1. The molecule has 2 aromatic carbocycles. The molecule has 0 aliphatic rings. The van der Waals surface area contributed by atoms with Crippen molar-refractivity contribution in [3.05, 3.63) is 65.9 Å². The summed E-state index contributed by atoms with van der Waals surface area (Å²) in [5.41, 5.74) is 4.13. The normalized spacial score (nSPS) is 11.7. The second-order valence-corrected chi connectivity index (χ2v) is 7.70. The van der Waals surface area contributed by atoms with Crippen LogP contribution in [0.25, 0.3) is 11.3 Å². The first-order chi connectivity index (χ1) is 15.5. The van der Waals surface area contributed by atoms with Crippen molar-refractivity contribution in [2.24, 2.45) is 0 Å². The number of hydrogen-bond acceptors (Lipinski definition) is 5. The molecule has 0 saturated carbocycles. The monoisotopic (exact) mass is 436 g/mol. The Balaban J connectivity index is 1.77. The van der Waals surface area contributed by atoms with E-state index < -0.39 is 5.97 Å². The Morgan fingerprint density at radius 1 is 1.06 bits per heavy atom. The molecule has 6 heteroatoms. The van der Waals surface area contributed by atoms with Crippen molar-refractivity contribution in [1.29, 1.82) is 0 Å². The van der Waals surface area contributed by atoms with Gasteiger partial charge in [-0.15, -0.1) is 0 Å². The van der Waals surface area contributed by atoms with E-state index in [0.29, 0.717) is 6.54 Å². The van der Waals surface area contributed by atoms with E-state index in [1.54, 1.807) is 7.11 Å². The van der Waals surface area contributed by atoms with Gasteiger partial charge in [0.15, 0.2) is 0 Å². The van der Waals surface area contributed by atoms with Gasteiger partial charge in [-0.05, 0) is 61.0 Å². The summed E-state index contributed by atoms with van der Waals surface area (Å²) < 4.78 is 11.5. The maximum Gasteiger partial charge on any atom is 0.305 e. The third-order valence-electron chi connectivity index (χ3n) is 5.38. The van der Waals surface area contributed by atoms with Gasteiger partial charge in [0, 0.05) is 35.5 Å². The molecule has 1 atom stereocenters. The Labute approximate surface area is 189 Å². The molecule has 3 aromatic rings. The largest absolute Gasteiger partial charge is 0.497 e. The van der Waals surface area contributed by atoms with Crippen LogP contribution in [0.3, 0.4) is 0 Å². The Hall–Kier alpha value is -3.41. The van der Waals surface area contributed by atoms with Crippen LogP contribution in [-0.4, -0.2) is 24.7 Å². The first-order valence-electron chi connectivity index (χ1n) is 11.1. The quantitative estimate of drug-likeness (QED) is 0.306. The summed E-state index contributed by atoms with van der Waals surface area (Å²) in [5, 5.41) is 15.6. The number of rotatable bonds is 12. The predicted molar refractivity (Wildman–Crippen MR) is 129 cm³/mol. The average Bonchev–Trinajstić information content (AvgIpc) is 3.24. The summed E-state index contributed by atoms with van der Waals surface area (Å²) in [5.74, 6) is 1.87. The van der Waals surface area contributed by atoms with Gasteiger partial charge in [-0.25, -0.2) is 0 Å². The molecule has 6 nitrogen and oxygen atoms in total. The molecule has 3 rings (SSSR count). The number of methoxy groups -OCH3 is 1. The molecule has 1 aromatic heterocycles. The average molecular weight is 437 g/mol. The molecule has 0 amide bonds. The van der Waals surface area contributed by atoms with Crippen molar-refractivity contribution in [3.63, 3.8) is 0 Å². The van der Waals surface area contributed by atoms with E-state index in [9.17, 15) is 4.79 Å². The highest BCUT2D eigenvalue weighted by molar-refractivity contribution is 5.67. The van der Waals surface area contributed by atoms with Crippen molar-refractivity contribution in [2.45, 2.75) is 45.6 Å². The number of anilines is 2. The molecular formula is C26H32N2O4. The number of ether oxygens (including phenoxy) is 1. The van der Waals surface area contributed by atoms with Gasteiger partial charge in [-0.2, -0.15) is 0 Å². The van der Waals surface area contributed by atoms with Crippen LogP contribution in [0.1, 0.15) is 50.5 Å². The number of furan rings is 1. The lowest BCUT2D eigenvalue weighted by molar-refractivity contribution is -0.136. The molecule has 0 aliphatic carbocycles. The zero-order valence-electron chi connectivity index (χ0n) is 19.0. The lowest BCUT2D eigenvalue weighted by Crippen LogP contribution is -2.12. The first-order valence-corrected chi connectivity index (χ1v) is 11.1. The Morgan fingerprint density at radius 3 is 2.34 bits per heavy atom. The zero-order valence-corrected chi connectivity index (χ0v) is 19.0. The number of hydrogen-bond donors (Lipinski definition) is 3. The predicted octanol–water partition coefficient (Wildman–Crippen LogP) is 6.36. The van der Waals surface area contributed by atoms with E-state index in [2.05, 4.69) is 30.5 Å². The lowest BCUT2D eigenvalue weighted by atomic mass is 10.00. The molecule has 0 radical (unpaired) electrons. The number of carboxylic acids is 1. The van der Waals surface area contributed by atoms with Gasteiger partial charge in [0.25, 0.3) is 0 Å². The van der Waals surface area contributed by atoms with Crippen LogP contribution in [0.2, 0.25) is 0 Å². The third kappa shape index (κ3) is 6.06. The van der Waals surface area contributed by atoms with Gasteiger partial charge in [0.05, 0.1) is 19.6 Å². The lowest BCUT2D eigenvalue weighted by Gasteiger charge is -2.20. The second-order valence-electron chi connectivity index (χ2n) is 7.70. The first kappa shape index (κ1) is 23.3. The number of carboxylic acid groups (broad SMARTS) is 1. The van der Waals surface area contributed by atoms with Crippen molar-refractivity contribution >= 4 is 17.3 Å². The summed E-state index contributed by atoms with van der Waals surface area (Å²) in [6, 6.07) is 18.2. The van der Waals surface area contributed by atoms with E-state index in [1.165, 1.54) is 5.56 Å². The van der Waals surface area contributed by atoms with Crippen molar-refractivity contribution in [2.75, 3.05) is 24.3 Å². The summed E-state index contributed by atoms with van der Waals surface area (Å²) in [4.78, 5) is 10.7. The van der Waals surface area contributed by atoms with Crippen LogP contribution < -0.4 is 15.4 Å². The van der Waals surface area contributed by atoms with Gasteiger partial charge >= 0.3 is 5.97 Å². The fourth-order valence-corrected chi connectivity index (χ4v) is 3.70. The minimum absolute atomic E-state index is 0.0926. The van der Waals surface area contributed by atoms with Gasteiger partial charge < -0.3 is 24.9 Å². The summed E-state index contributed by atoms with van der Waals surface area (Å²) >= 11 is 0. The number of aryl methyl sites for hydroxylation is 1. The molecule has 0 aliphatic heterocycles. The van der Waals surface area contributed by atoms with Crippen LogP contribution in [0.4, 0.5) is 11.4 Å². The zero-order chi connectivity index (χ0) is 22.9. The molecule has 0 saturated heterocycles. The van der Waals surface area contributed by atoms with Crippen LogP contribution in [0, 0.1) is 0 Å². The maximum atomic E-state index is 10.7. The highest BCUT2D eigenvalue weighted by Crippen LogP contribution is 2.34. The standard InChI is InChI=1S/C26H32N2O4/c1-4-6-23(28-20-11-9-19(10-12-20)27-16-15-26(29)30)22-17-25(32-24(22)5-2)18-7-13-21(31-3)14-8-18/h7-14,17,23,27-28H,4-6,15-16H2,1-3H3,(H,29,30). The number of aliphatic carboxylic acids is 1. The molecule has 170 valence electrons. The molecule has 0 spiro atoms. The van der Waals surface area contributed by atoms with Gasteiger partial charge in [-0.1, -0.05) is 20.3 Å². The van der Waals surface area contributed by atoms with Gasteiger partial charge in [-0.3, -0.25) is 4.79 Å². The molecule has 3 N–H and O–H groups in total. The Morgan fingerprint density at radius 2 is 1.75 bits per heavy atom. The topological polar surface area (TPSA) is 83.7 Å². The number of nitrogens with one attached hydrogen (secondary N) is 2. The minimum atomic E-state index is -0.806. The van der Waals surface area contributed by atoms with Gasteiger partial charge in [0.2, 0.25) is 0 Å². The Bertz CT molecular complexity index is 994. The Kier molecular flexibility index (Phi) is 8.20. The summed E-state index contributed by atoms with van der Waals surface area (Å²) in [6.45, 7) is 4.70. The molecule has 1 unspecified atom stereocenters. The fraction of sp³-hybridized carbons (Fsp3) is 0.346. The highest BCUT2D eigenvalue weighted by Gasteiger charge is 2.20. The van der Waals surface area contributed by atoms with Crippen LogP contribution in [0.5, 0.6) is 5.75 Å². The minimum Gasteiger partial charge on any atom is -0.497 e. The fourth-order valence-electron chi connectivity index (χ4n) is 3.70. The third-order valence-corrected chi connectivity index (χ3v) is 5.38. The molecule has 0 bridgehead atoms. The van der Waals surface area contributed by atoms with Crippen LogP contribution in [-0.2, 0) is 11.2 Å². The maximum absolute atomic E-state index is 10.7. The molecule has 0 fully saturated rings. The van der Waals surface area contributed by atoms with E-state index in [1.807, 2.05) is 48.5 Å². The summed E-state index contributed by atoms with van der Waals surface area (Å²) in [7, 11) is 1.66. The molecule has 1 heterocycles. The van der Waals surface area contributed by atoms with Crippen molar-refractivity contribution < 1.29 is 19.1 Å².